The Morgan fingerprint density at radius 3 is 2.84 bits per heavy atom. The highest BCUT2D eigenvalue weighted by atomic mass is 16.6. The van der Waals surface area contributed by atoms with Crippen molar-refractivity contribution in [3.05, 3.63) is 39.9 Å². The van der Waals surface area contributed by atoms with Gasteiger partial charge in [0.25, 0.3) is 5.69 Å². The number of benzene rings is 1. The Bertz CT molecular complexity index is 437. The molecule has 2 N–H and O–H groups in total. The zero-order valence-electron chi connectivity index (χ0n) is 10.7. The van der Waals surface area contributed by atoms with Crippen LogP contribution < -0.4 is 10.6 Å². The smallest absolute Gasteiger partial charge is 0.274 e. The molecule has 0 saturated heterocycles. The van der Waals surface area contributed by atoms with Gasteiger partial charge in [-0.3, -0.25) is 14.9 Å². The van der Waals surface area contributed by atoms with Crippen LogP contribution in [0.15, 0.2) is 24.3 Å². The van der Waals surface area contributed by atoms with E-state index >= 15 is 0 Å². The Balaban J connectivity index is 2.40. The predicted octanol–water partition coefficient (Wildman–Crippen LogP) is 0.447. The topological polar surface area (TPSA) is 93.5 Å². The molecule has 0 spiro atoms. The summed E-state index contributed by atoms with van der Waals surface area (Å²) in [6, 6.07) is 6.33. The summed E-state index contributed by atoms with van der Waals surface area (Å²) in [5.74, 6) is -0.214. The van der Waals surface area contributed by atoms with Crippen LogP contribution in [0.5, 0.6) is 0 Å². The highest BCUT2D eigenvalue weighted by Crippen LogP contribution is 2.16. The molecule has 0 aliphatic rings. The van der Waals surface area contributed by atoms with Gasteiger partial charge in [-0.05, 0) is 0 Å². The van der Waals surface area contributed by atoms with Gasteiger partial charge in [-0.2, -0.15) is 0 Å². The van der Waals surface area contributed by atoms with Crippen LogP contribution in [0.1, 0.15) is 5.56 Å². The Morgan fingerprint density at radius 1 is 1.42 bits per heavy atom. The van der Waals surface area contributed by atoms with E-state index in [-0.39, 0.29) is 24.7 Å². The SMILES string of the molecule is COCCNCC(=O)NCc1ccccc1[N+](=O)[O-]. The van der Waals surface area contributed by atoms with E-state index < -0.39 is 4.92 Å². The van der Waals surface area contributed by atoms with Crippen LogP contribution in [0.3, 0.4) is 0 Å². The summed E-state index contributed by atoms with van der Waals surface area (Å²) in [6.07, 6.45) is 0. The van der Waals surface area contributed by atoms with Gasteiger partial charge < -0.3 is 15.4 Å². The van der Waals surface area contributed by atoms with Crippen molar-refractivity contribution in [2.75, 3.05) is 26.8 Å². The van der Waals surface area contributed by atoms with Gasteiger partial charge >= 0.3 is 0 Å². The van der Waals surface area contributed by atoms with Gasteiger partial charge in [0, 0.05) is 31.8 Å². The molecule has 0 saturated carbocycles. The summed E-state index contributed by atoms with van der Waals surface area (Å²) in [5, 5.41) is 16.3. The van der Waals surface area contributed by atoms with E-state index in [0.717, 1.165) is 0 Å². The first-order valence-corrected chi connectivity index (χ1v) is 5.83. The van der Waals surface area contributed by atoms with Crippen molar-refractivity contribution in [1.29, 1.82) is 0 Å². The number of hydrogen-bond acceptors (Lipinski definition) is 5. The summed E-state index contributed by atoms with van der Waals surface area (Å²) in [7, 11) is 1.58. The second kappa shape index (κ2) is 8.17. The molecule has 0 heterocycles. The molecule has 0 radical (unpaired) electrons. The highest BCUT2D eigenvalue weighted by molar-refractivity contribution is 5.78. The fourth-order valence-corrected chi connectivity index (χ4v) is 1.47. The van der Waals surface area contributed by atoms with Crippen molar-refractivity contribution >= 4 is 11.6 Å². The lowest BCUT2D eigenvalue weighted by molar-refractivity contribution is -0.385. The molecule has 0 bridgehead atoms. The molecule has 19 heavy (non-hydrogen) atoms. The molecule has 1 aromatic rings. The van der Waals surface area contributed by atoms with Gasteiger partial charge in [0.15, 0.2) is 0 Å². The third-order valence-electron chi connectivity index (χ3n) is 2.43. The molecular weight excluding hydrogens is 250 g/mol. The first-order valence-electron chi connectivity index (χ1n) is 5.83. The summed E-state index contributed by atoms with van der Waals surface area (Å²) >= 11 is 0. The van der Waals surface area contributed by atoms with Crippen LogP contribution >= 0.6 is 0 Å². The number of para-hydroxylation sites is 1. The number of nitro benzene ring substituents is 1. The van der Waals surface area contributed by atoms with E-state index in [1.165, 1.54) is 6.07 Å². The first-order chi connectivity index (χ1) is 9.15. The number of hydrogen-bond donors (Lipinski definition) is 2. The van der Waals surface area contributed by atoms with Crippen LogP contribution in [0, 0.1) is 10.1 Å². The fraction of sp³-hybridized carbons (Fsp3) is 0.417. The van der Waals surface area contributed by atoms with Gasteiger partial charge in [-0.1, -0.05) is 18.2 Å². The average Bonchev–Trinajstić information content (AvgIpc) is 2.41. The maximum Gasteiger partial charge on any atom is 0.274 e. The van der Waals surface area contributed by atoms with E-state index in [9.17, 15) is 14.9 Å². The number of nitro groups is 1. The van der Waals surface area contributed by atoms with Crippen molar-refractivity contribution in [3.8, 4) is 0 Å². The average molecular weight is 267 g/mol. The normalized spacial score (nSPS) is 10.2. The van der Waals surface area contributed by atoms with Crippen LogP contribution in [0.2, 0.25) is 0 Å². The minimum atomic E-state index is -0.460. The summed E-state index contributed by atoms with van der Waals surface area (Å²) in [4.78, 5) is 21.8. The quantitative estimate of drug-likeness (QED) is 0.405. The standard InChI is InChI=1S/C12H17N3O4/c1-19-7-6-13-9-12(16)14-8-10-4-2-3-5-11(10)15(17)18/h2-5,13H,6-9H2,1H3,(H,14,16). The summed E-state index contributed by atoms with van der Waals surface area (Å²) < 4.78 is 4.83. The van der Waals surface area contributed by atoms with Crippen molar-refractivity contribution in [3.63, 3.8) is 0 Å². The lowest BCUT2D eigenvalue weighted by Crippen LogP contribution is -2.34. The third kappa shape index (κ3) is 5.45. The van der Waals surface area contributed by atoms with Gasteiger partial charge in [0.05, 0.1) is 18.1 Å². The molecule has 7 heteroatoms. The van der Waals surface area contributed by atoms with Gasteiger partial charge in [0.1, 0.15) is 0 Å². The van der Waals surface area contributed by atoms with Gasteiger partial charge in [0.2, 0.25) is 5.91 Å². The number of ether oxygens (including phenoxy) is 1. The van der Waals surface area contributed by atoms with E-state index in [1.807, 2.05) is 0 Å². The largest absolute Gasteiger partial charge is 0.383 e. The highest BCUT2D eigenvalue weighted by Gasteiger charge is 2.12. The van der Waals surface area contributed by atoms with E-state index in [1.54, 1.807) is 25.3 Å². The number of carbonyl (C=O) groups is 1. The predicted molar refractivity (Wildman–Crippen MR) is 69.7 cm³/mol. The summed E-state index contributed by atoms with van der Waals surface area (Å²) in [6.45, 7) is 1.40. The van der Waals surface area contributed by atoms with Crippen LogP contribution in [0.4, 0.5) is 5.69 Å². The number of methoxy groups -OCH3 is 1. The van der Waals surface area contributed by atoms with E-state index in [0.29, 0.717) is 18.7 Å². The molecule has 1 aromatic carbocycles. The number of nitrogens with zero attached hydrogens (tertiary/aromatic N) is 1. The van der Waals surface area contributed by atoms with Crippen molar-refractivity contribution in [1.82, 2.24) is 10.6 Å². The lowest BCUT2D eigenvalue weighted by Gasteiger charge is -2.07. The molecule has 0 atom stereocenters. The van der Waals surface area contributed by atoms with Crippen LogP contribution in [-0.2, 0) is 16.1 Å². The molecule has 104 valence electrons. The fourth-order valence-electron chi connectivity index (χ4n) is 1.47. The van der Waals surface area contributed by atoms with Crippen LogP contribution in [0.25, 0.3) is 0 Å². The Labute approximate surface area is 111 Å². The number of amides is 1. The van der Waals surface area contributed by atoms with Crippen molar-refractivity contribution in [2.45, 2.75) is 6.54 Å². The Morgan fingerprint density at radius 2 is 2.16 bits per heavy atom. The number of rotatable bonds is 8. The first kappa shape index (κ1) is 15.1. The molecule has 1 amide bonds. The molecule has 0 aliphatic heterocycles. The van der Waals surface area contributed by atoms with Gasteiger partial charge in [-0.25, -0.2) is 0 Å². The van der Waals surface area contributed by atoms with Gasteiger partial charge in [-0.15, -0.1) is 0 Å². The molecule has 0 fully saturated rings. The van der Waals surface area contributed by atoms with Crippen molar-refractivity contribution < 1.29 is 14.5 Å². The number of carbonyl (C=O) groups excluding carboxylic acids is 1. The minimum Gasteiger partial charge on any atom is -0.383 e. The lowest BCUT2D eigenvalue weighted by atomic mass is 10.2. The number of nitrogens with one attached hydrogen (secondary N) is 2. The van der Waals surface area contributed by atoms with Crippen LogP contribution in [-0.4, -0.2) is 37.6 Å². The molecule has 0 aromatic heterocycles. The maximum absolute atomic E-state index is 11.5. The third-order valence-corrected chi connectivity index (χ3v) is 2.43. The Hall–Kier alpha value is -1.99. The molecule has 7 nitrogen and oxygen atoms in total. The molecule has 0 aliphatic carbocycles. The zero-order valence-corrected chi connectivity index (χ0v) is 10.7. The minimum absolute atomic E-state index is 0.00939. The zero-order chi connectivity index (χ0) is 14.1. The second-order valence-electron chi connectivity index (χ2n) is 3.83. The van der Waals surface area contributed by atoms with E-state index in [2.05, 4.69) is 10.6 Å². The maximum atomic E-state index is 11.5. The molecular formula is C12H17N3O4. The molecule has 1 rings (SSSR count). The van der Waals surface area contributed by atoms with E-state index in [4.69, 9.17) is 4.74 Å². The monoisotopic (exact) mass is 267 g/mol. The second-order valence-corrected chi connectivity index (χ2v) is 3.83. The Kier molecular flexibility index (Phi) is 6.48. The summed E-state index contributed by atoms with van der Waals surface area (Å²) in [5.41, 5.74) is 0.493. The van der Waals surface area contributed by atoms with Crippen molar-refractivity contribution in [2.24, 2.45) is 0 Å². The molecule has 0 unspecified atom stereocenters.